The Kier molecular flexibility index (Phi) is 1.66. The molecule has 0 amide bonds. The molecule has 0 aliphatic rings. The molecule has 0 N–H and O–H groups in total. The summed E-state index contributed by atoms with van der Waals surface area (Å²) in [6, 6.07) is 7.66. The molecular formula is C9H7NOS. The Morgan fingerprint density at radius 1 is 1.33 bits per heavy atom. The van der Waals surface area contributed by atoms with Crippen molar-refractivity contribution < 1.29 is 0 Å². The third-order valence-electron chi connectivity index (χ3n) is 1.65. The number of benzene rings is 1. The fraction of sp³-hybridized carbons (Fsp3) is 0.111. The van der Waals surface area contributed by atoms with E-state index in [4.69, 9.17) is 0 Å². The topological polar surface area (TPSA) is 30.0 Å². The Hall–Kier alpha value is -1.22. The summed E-state index contributed by atoms with van der Waals surface area (Å²) in [6.07, 6.45) is 0. The van der Waals surface area contributed by atoms with E-state index in [1.54, 1.807) is 6.92 Å². The number of hydrogen-bond acceptors (Lipinski definition) is 3. The molecule has 1 aromatic heterocycles. The zero-order valence-electron chi connectivity index (χ0n) is 6.57. The Morgan fingerprint density at radius 2 is 2.08 bits per heavy atom. The summed E-state index contributed by atoms with van der Waals surface area (Å²) >= 11 is 1.25. The maximum atomic E-state index is 11.2. The van der Waals surface area contributed by atoms with Gasteiger partial charge in [-0.2, -0.15) is 0 Å². The second-order valence-electron chi connectivity index (χ2n) is 2.55. The van der Waals surface area contributed by atoms with Gasteiger partial charge in [-0.25, -0.2) is 4.98 Å². The molecule has 2 rings (SSSR count). The summed E-state index contributed by atoms with van der Waals surface area (Å²) in [4.78, 5) is 15.4. The van der Waals surface area contributed by atoms with Gasteiger partial charge in [-0.1, -0.05) is 23.5 Å². The first-order valence-electron chi connectivity index (χ1n) is 3.64. The van der Waals surface area contributed by atoms with Crippen molar-refractivity contribution in [2.45, 2.75) is 6.92 Å². The lowest BCUT2D eigenvalue weighted by atomic mass is 10.3. The third kappa shape index (κ3) is 1.12. The fourth-order valence-electron chi connectivity index (χ4n) is 1.04. The van der Waals surface area contributed by atoms with Gasteiger partial charge in [0, 0.05) is 0 Å². The summed E-state index contributed by atoms with van der Waals surface area (Å²) in [5, 5.41) is 0. The minimum absolute atomic E-state index is 0.0497. The van der Waals surface area contributed by atoms with E-state index in [1.807, 2.05) is 24.3 Å². The number of rotatable bonds is 0. The van der Waals surface area contributed by atoms with Gasteiger partial charge in [0.15, 0.2) is 0 Å². The Balaban J connectivity index is 2.93. The molecule has 2 nitrogen and oxygen atoms in total. The maximum absolute atomic E-state index is 11.2. The highest BCUT2D eigenvalue weighted by Gasteiger charge is 1.98. The van der Waals surface area contributed by atoms with E-state index in [1.165, 1.54) is 11.3 Å². The van der Waals surface area contributed by atoms with E-state index < -0.39 is 0 Å². The second kappa shape index (κ2) is 2.68. The molecule has 0 atom stereocenters. The van der Waals surface area contributed by atoms with Crippen LogP contribution in [-0.2, 0) is 0 Å². The van der Waals surface area contributed by atoms with Crippen molar-refractivity contribution in [2.75, 3.05) is 0 Å². The zero-order chi connectivity index (χ0) is 8.55. The molecule has 2 aromatic rings. The van der Waals surface area contributed by atoms with E-state index >= 15 is 0 Å². The van der Waals surface area contributed by atoms with Crippen LogP contribution in [0.2, 0.25) is 0 Å². The van der Waals surface area contributed by atoms with Crippen molar-refractivity contribution in [3.05, 3.63) is 39.5 Å². The molecule has 0 unspecified atom stereocenters. The van der Waals surface area contributed by atoms with Crippen LogP contribution in [0.4, 0.5) is 0 Å². The molecular weight excluding hydrogens is 170 g/mol. The molecule has 0 fully saturated rings. The Bertz CT molecular complexity index is 475. The van der Waals surface area contributed by atoms with Gasteiger partial charge in [0.1, 0.15) is 0 Å². The highest BCUT2D eigenvalue weighted by Crippen LogP contribution is 2.12. The molecule has 0 radical (unpaired) electrons. The van der Waals surface area contributed by atoms with Crippen LogP contribution in [0.1, 0.15) is 5.69 Å². The van der Waals surface area contributed by atoms with Crippen molar-refractivity contribution in [3.8, 4) is 0 Å². The number of aromatic nitrogens is 1. The molecule has 0 spiro atoms. The van der Waals surface area contributed by atoms with Crippen LogP contribution in [-0.4, -0.2) is 4.98 Å². The lowest BCUT2D eigenvalue weighted by Gasteiger charge is -1.94. The summed E-state index contributed by atoms with van der Waals surface area (Å²) in [6.45, 7) is 1.74. The van der Waals surface area contributed by atoms with Gasteiger partial charge in [-0.05, 0) is 19.1 Å². The van der Waals surface area contributed by atoms with Crippen LogP contribution in [0.3, 0.4) is 0 Å². The normalized spacial score (nSPS) is 10.4. The van der Waals surface area contributed by atoms with E-state index in [2.05, 4.69) is 4.98 Å². The number of nitrogens with zero attached hydrogens (tertiary/aromatic N) is 1. The van der Waals surface area contributed by atoms with Crippen LogP contribution in [0, 0.1) is 6.92 Å². The molecule has 12 heavy (non-hydrogen) atoms. The molecule has 60 valence electrons. The second-order valence-corrected chi connectivity index (χ2v) is 3.57. The molecule has 1 aromatic carbocycles. The van der Waals surface area contributed by atoms with Crippen molar-refractivity contribution in [1.82, 2.24) is 4.98 Å². The van der Waals surface area contributed by atoms with Gasteiger partial charge < -0.3 is 0 Å². The average molecular weight is 177 g/mol. The molecule has 0 aliphatic carbocycles. The highest BCUT2D eigenvalue weighted by atomic mass is 32.1. The van der Waals surface area contributed by atoms with E-state index in [0.29, 0.717) is 5.69 Å². The number of fused-ring (bicyclic) bond motifs is 1. The number of hydrogen-bond donors (Lipinski definition) is 0. The minimum atomic E-state index is 0.0497. The van der Waals surface area contributed by atoms with Crippen molar-refractivity contribution in [3.63, 3.8) is 0 Å². The zero-order valence-corrected chi connectivity index (χ0v) is 7.39. The molecule has 0 aliphatic heterocycles. The van der Waals surface area contributed by atoms with Crippen molar-refractivity contribution >= 4 is 21.6 Å². The highest BCUT2D eigenvalue weighted by molar-refractivity contribution is 7.16. The Morgan fingerprint density at radius 3 is 2.92 bits per heavy atom. The predicted octanol–water partition coefficient (Wildman–Crippen LogP) is 1.96. The summed E-state index contributed by atoms with van der Waals surface area (Å²) in [5.74, 6) is 0. The number of aryl methyl sites for hydroxylation is 1. The monoisotopic (exact) mass is 177 g/mol. The first-order valence-corrected chi connectivity index (χ1v) is 4.45. The lowest BCUT2D eigenvalue weighted by molar-refractivity contribution is 1.25. The molecule has 0 bridgehead atoms. The average Bonchev–Trinajstić information content (AvgIpc) is 2.07. The maximum Gasteiger partial charge on any atom is 0.254 e. The molecule has 1 heterocycles. The summed E-state index contributed by atoms with van der Waals surface area (Å²) < 4.78 is 1.00. The van der Waals surface area contributed by atoms with E-state index in [0.717, 1.165) is 10.2 Å². The molecule has 0 saturated heterocycles. The minimum Gasteiger partial charge on any atom is -0.276 e. The number of para-hydroxylation sites is 1. The van der Waals surface area contributed by atoms with Gasteiger partial charge in [0.05, 0.1) is 15.9 Å². The SMILES string of the molecule is Cc1nc2ccccc2sc1=O. The van der Waals surface area contributed by atoms with E-state index in [-0.39, 0.29) is 4.74 Å². The van der Waals surface area contributed by atoms with Gasteiger partial charge in [-0.15, -0.1) is 0 Å². The fourth-order valence-corrected chi connectivity index (χ4v) is 1.79. The van der Waals surface area contributed by atoms with Crippen molar-refractivity contribution in [1.29, 1.82) is 0 Å². The first kappa shape index (κ1) is 7.43. The van der Waals surface area contributed by atoms with Gasteiger partial charge in [-0.3, -0.25) is 4.79 Å². The van der Waals surface area contributed by atoms with E-state index in [9.17, 15) is 4.79 Å². The van der Waals surface area contributed by atoms with Crippen LogP contribution in [0.5, 0.6) is 0 Å². The van der Waals surface area contributed by atoms with Gasteiger partial charge in [0.2, 0.25) is 0 Å². The van der Waals surface area contributed by atoms with Crippen LogP contribution < -0.4 is 4.74 Å². The van der Waals surface area contributed by atoms with Crippen LogP contribution in [0.15, 0.2) is 29.1 Å². The first-order chi connectivity index (χ1) is 5.77. The van der Waals surface area contributed by atoms with Gasteiger partial charge >= 0.3 is 0 Å². The predicted molar refractivity (Wildman–Crippen MR) is 50.6 cm³/mol. The largest absolute Gasteiger partial charge is 0.276 e. The summed E-state index contributed by atoms with van der Waals surface area (Å²) in [7, 11) is 0. The van der Waals surface area contributed by atoms with Crippen LogP contribution in [0.25, 0.3) is 10.2 Å². The quantitative estimate of drug-likeness (QED) is 0.615. The van der Waals surface area contributed by atoms with Crippen LogP contribution >= 0.6 is 11.3 Å². The molecule has 0 saturated carbocycles. The lowest BCUT2D eigenvalue weighted by Crippen LogP contribution is -2.01. The standard InChI is InChI=1S/C9H7NOS/c1-6-9(11)12-8-5-3-2-4-7(8)10-6/h2-5H,1H3. The Labute approximate surface area is 73.5 Å². The smallest absolute Gasteiger partial charge is 0.254 e. The summed E-state index contributed by atoms with van der Waals surface area (Å²) in [5.41, 5.74) is 1.48. The van der Waals surface area contributed by atoms with Gasteiger partial charge in [0.25, 0.3) is 4.74 Å². The van der Waals surface area contributed by atoms with Crippen molar-refractivity contribution in [2.24, 2.45) is 0 Å². The molecule has 3 heteroatoms. The third-order valence-corrected chi connectivity index (χ3v) is 2.70.